The first kappa shape index (κ1) is 19.9. The van der Waals surface area contributed by atoms with Crippen LogP contribution in [-0.2, 0) is 0 Å². The summed E-state index contributed by atoms with van der Waals surface area (Å²) in [5.41, 5.74) is 2.99. The van der Waals surface area contributed by atoms with E-state index in [-0.39, 0.29) is 5.39 Å². The van der Waals surface area contributed by atoms with Crippen LogP contribution in [0.4, 0.5) is 8.78 Å². The molecule has 0 heterocycles. The van der Waals surface area contributed by atoms with Gasteiger partial charge in [-0.15, -0.1) is 0 Å². The first-order valence-electron chi connectivity index (χ1n) is 10.8. The first-order chi connectivity index (χ1) is 14.1. The summed E-state index contributed by atoms with van der Waals surface area (Å²) in [5, 5.41) is 9.79. The Morgan fingerprint density at radius 1 is 0.897 bits per heavy atom. The van der Waals surface area contributed by atoms with Crippen molar-refractivity contribution in [2.45, 2.75) is 57.8 Å². The van der Waals surface area contributed by atoms with Crippen LogP contribution in [0.3, 0.4) is 0 Å². The maximum atomic E-state index is 14.5. The zero-order valence-corrected chi connectivity index (χ0v) is 16.9. The number of unbranched alkanes of at least 4 members (excludes halogenated alkanes) is 1. The third kappa shape index (κ3) is 4.14. The van der Waals surface area contributed by atoms with Gasteiger partial charge in [-0.25, -0.2) is 8.78 Å². The summed E-state index contributed by atoms with van der Waals surface area (Å²) in [6.45, 7) is 2.26. The highest BCUT2D eigenvalue weighted by atomic mass is 19.1. The Hall–Kier alpha value is -2.42. The monoisotopic (exact) mass is 394 g/mol. The van der Waals surface area contributed by atoms with Crippen molar-refractivity contribution in [3.05, 3.63) is 65.7 Å². The van der Waals surface area contributed by atoms with E-state index in [0.717, 1.165) is 17.0 Å². The molecule has 0 spiro atoms. The number of aromatic hydroxyl groups is 1. The van der Waals surface area contributed by atoms with Crippen molar-refractivity contribution < 1.29 is 13.9 Å². The van der Waals surface area contributed by atoms with Gasteiger partial charge in [-0.05, 0) is 77.8 Å². The molecule has 29 heavy (non-hydrogen) atoms. The molecule has 0 unspecified atom stereocenters. The van der Waals surface area contributed by atoms with Gasteiger partial charge in [-0.1, -0.05) is 56.5 Å². The highest BCUT2D eigenvalue weighted by Crippen LogP contribution is 2.38. The predicted molar refractivity (Wildman–Crippen MR) is 115 cm³/mol. The van der Waals surface area contributed by atoms with E-state index in [1.54, 1.807) is 12.1 Å². The van der Waals surface area contributed by atoms with Crippen LogP contribution in [0.5, 0.6) is 5.75 Å². The summed E-state index contributed by atoms with van der Waals surface area (Å²) in [7, 11) is 0. The molecule has 0 aromatic heterocycles. The molecule has 0 bridgehead atoms. The Bertz CT molecular complexity index is 986. The van der Waals surface area contributed by atoms with Gasteiger partial charge in [0.15, 0.2) is 11.6 Å². The van der Waals surface area contributed by atoms with Gasteiger partial charge in [0.2, 0.25) is 0 Å². The Labute approximate surface area is 171 Å². The fourth-order valence-electron chi connectivity index (χ4n) is 4.75. The Kier molecular flexibility index (Phi) is 5.84. The smallest absolute Gasteiger partial charge is 0.175 e. The van der Waals surface area contributed by atoms with Crippen LogP contribution in [0, 0.1) is 17.6 Å². The summed E-state index contributed by atoms with van der Waals surface area (Å²) in [4.78, 5) is 0. The summed E-state index contributed by atoms with van der Waals surface area (Å²) < 4.78 is 28.6. The van der Waals surface area contributed by atoms with Gasteiger partial charge in [-0.2, -0.15) is 0 Å². The van der Waals surface area contributed by atoms with Crippen LogP contribution in [-0.4, -0.2) is 5.11 Å². The van der Waals surface area contributed by atoms with Crippen molar-refractivity contribution in [2.75, 3.05) is 0 Å². The minimum atomic E-state index is -0.906. The molecule has 1 aliphatic rings. The maximum absolute atomic E-state index is 14.5. The molecule has 3 heteroatoms. The van der Waals surface area contributed by atoms with Gasteiger partial charge in [-0.3, -0.25) is 0 Å². The molecule has 0 radical (unpaired) electrons. The molecular formula is C26H28F2O. The molecule has 1 N–H and O–H groups in total. The van der Waals surface area contributed by atoms with Gasteiger partial charge in [0.25, 0.3) is 0 Å². The van der Waals surface area contributed by atoms with E-state index >= 15 is 0 Å². The lowest BCUT2D eigenvalue weighted by Crippen LogP contribution is -2.13. The highest BCUT2D eigenvalue weighted by Gasteiger charge is 2.22. The Balaban J connectivity index is 1.52. The number of phenols is 1. The molecule has 0 amide bonds. The zero-order chi connectivity index (χ0) is 20.4. The Morgan fingerprint density at radius 3 is 2.31 bits per heavy atom. The van der Waals surface area contributed by atoms with E-state index < -0.39 is 17.4 Å². The predicted octanol–water partition coefficient (Wildman–Crippen LogP) is 7.95. The summed E-state index contributed by atoms with van der Waals surface area (Å²) >= 11 is 0. The second kappa shape index (κ2) is 8.52. The van der Waals surface area contributed by atoms with Crippen LogP contribution in [0.25, 0.3) is 21.9 Å². The number of hydrogen-bond donors (Lipinski definition) is 1. The van der Waals surface area contributed by atoms with Crippen LogP contribution in [0.15, 0.2) is 48.5 Å². The van der Waals surface area contributed by atoms with E-state index in [1.807, 2.05) is 12.1 Å². The number of hydrogen-bond acceptors (Lipinski definition) is 1. The lowest BCUT2D eigenvalue weighted by molar-refractivity contribution is 0.304. The number of halogens is 2. The molecule has 4 rings (SSSR count). The Morgan fingerprint density at radius 2 is 1.62 bits per heavy atom. The third-order valence-corrected chi connectivity index (χ3v) is 6.51. The molecule has 1 nitrogen and oxygen atoms in total. The lowest BCUT2D eigenvalue weighted by atomic mass is 9.77. The number of benzene rings is 3. The second-order valence-corrected chi connectivity index (χ2v) is 8.44. The van der Waals surface area contributed by atoms with E-state index in [0.29, 0.717) is 11.3 Å². The van der Waals surface area contributed by atoms with Crippen molar-refractivity contribution in [3.8, 4) is 16.9 Å². The zero-order valence-electron chi connectivity index (χ0n) is 16.9. The molecule has 1 fully saturated rings. The van der Waals surface area contributed by atoms with Gasteiger partial charge in [0.05, 0.1) is 5.39 Å². The van der Waals surface area contributed by atoms with Gasteiger partial charge < -0.3 is 5.11 Å². The average Bonchev–Trinajstić information content (AvgIpc) is 2.75. The molecule has 0 aliphatic heterocycles. The number of fused-ring (bicyclic) bond motifs is 1. The van der Waals surface area contributed by atoms with E-state index in [2.05, 4.69) is 19.1 Å². The number of phenolic OH excluding ortho intramolecular Hbond substituents is 1. The van der Waals surface area contributed by atoms with Crippen molar-refractivity contribution in [2.24, 2.45) is 5.92 Å². The van der Waals surface area contributed by atoms with Crippen molar-refractivity contribution in [1.82, 2.24) is 0 Å². The van der Waals surface area contributed by atoms with Crippen molar-refractivity contribution in [1.29, 1.82) is 0 Å². The normalized spacial score (nSPS) is 19.6. The minimum Gasteiger partial charge on any atom is -0.505 e. The molecule has 0 atom stereocenters. The fourth-order valence-corrected chi connectivity index (χ4v) is 4.75. The SMILES string of the molecule is CCCCC1CCC(c2ccc(-c3cc(F)c4c(F)c(O)ccc4c3)cc2)CC1. The van der Waals surface area contributed by atoms with Crippen LogP contribution in [0.2, 0.25) is 0 Å². The molecule has 0 saturated heterocycles. The van der Waals surface area contributed by atoms with Crippen LogP contribution in [0.1, 0.15) is 63.4 Å². The molecule has 3 aromatic rings. The first-order valence-corrected chi connectivity index (χ1v) is 10.8. The molecular weight excluding hydrogens is 366 g/mol. The number of rotatable bonds is 5. The van der Waals surface area contributed by atoms with E-state index in [1.165, 1.54) is 62.6 Å². The van der Waals surface area contributed by atoms with Gasteiger partial charge >= 0.3 is 0 Å². The van der Waals surface area contributed by atoms with Crippen molar-refractivity contribution in [3.63, 3.8) is 0 Å². The summed E-state index contributed by atoms with van der Waals surface area (Å²) in [5.74, 6) is -0.576. The fraction of sp³-hybridized carbons (Fsp3) is 0.385. The highest BCUT2D eigenvalue weighted by molar-refractivity contribution is 5.89. The standard InChI is InChI=1S/C26H28F2O/c1-2-3-4-17-5-7-18(8-6-17)19-9-11-20(12-10-19)22-15-21-13-14-24(29)26(28)25(21)23(27)16-22/h9-18,29H,2-8H2,1H3. The largest absolute Gasteiger partial charge is 0.505 e. The summed E-state index contributed by atoms with van der Waals surface area (Å²) in [6, 6.07) is 14.3. The van der Waals surface area contributed by atoms with E-state index in [9.17, 15) is 13.9 Å². The van der Waals surface area contributed by atoms with Crippen LogP contribution >= 0.6 is 0 Å². The summed E-state index contributed by atoms with van der Waals surface area (Å²) in [6.07, 6.45) is 9.14. The molecule has 1 aliphatic carbocycles. The second-order valence-electron chi connectivity index (χ2n) is 8.44. The van der Waals surface area contributed by atoms with Gasteiger partial charge in [0.1, 0.15) is 5.82 Å². The lowest BCUT2D eigenvalue weighted by Gasteiger charge is -2.29. The van der Waals surface area contributed by atoms with Crippen LogP contribution < -0.4 is 0 Å². The molecule has 1 saturated carbocycles. The van der Waals surface area contributed by atoms with E-state index in [4.69, 9.17) is 0 Å². The quantitative estimate of drug-likeness (QED) is 0.465. The van der Waals surface area contributed by atoms with Crippen molar-refractivity contribution >= 4 is 10.8 Å². The van der Waals surface area contributed by atoms with Gasteiger partial charge in [0, 0.05) is 0 Å². The average molecular weight is 395 g/mol. The minimum absolute atomic E-state index is 0.162. The molecule has 152 valence electrons. The molecule has 3 aromatic carbocycles. The third-order valence-electron chi connectivity index (χ3n) is 6.51. The maximum Gasteiger partial charge on any atom is 0.175 e. The topological polar surface area (TPSA) is 20.2 Å².